The van der Waals surface area contributed by atoms with E-state index in [1.807, 2.05) is 74.4 Å². The van der Waals surface area contributed by atoms with Gasteiger partial charge in [-0.1, -0.05) is 29.8 Å². The minimum atomic E-state index is -0.144. The number of anilines is 2. The third kappa shape index (κ3) is 5.60. The fraction of sp³-hybridized carbons (Fsp3) is 0.185. The number of ether oxygens (including phenoxy) is 1. The molecule has 0 aliphatic heterocycles. The van der Waals surface area contributed by atoms with Gasteiger partial charge in [0.25, 0.3) is 5.91 Å². The topological polar surface area (TPSA) is 59.4 Å². The van der Waals surface area contributed by atoms with Crippen molar-refractivity contribution in [1.29, 1.82) is 0 Å². The van der Waals surface area contributed by atoms with Crippen molar-refractivity contribution < 1.29 is 9.53 Å². The zero-order valence-electron chi connectivity index (χ0n) is 19.2. The van der Waals surface area contributed by atoms with Crippen LogP contribution in [0.15, 0.2) is 85.2 Å². The van der Waals surface area contributed by atoms with Crippen LogP contribution in [0.25, 0.3) is 11.1 Å². The van der Waals surface area contributed by atoms with Crippen LogP contribution in [-0.2, 0) is 6.54 Å². The summed E-state index contributed by atoms with van der Waals surface area (Å²) >= 11 is 0. The quantitative estimate of drug-likeness (QED) is 0.406. The Kier molecular flexibility index (Phi) is 6.74. The molecular formula is C27H28N4O2. The molecule has 1 aromatic heterocycles. The predicted octanol–water partition coefficient (Wildman–Crippen LogP) is 5.26. The molecule has 0 atom stereocenters. The molecule has 3 aromatic carbocycles. The van der Waals surface area contributed by atoms with E-state index in [2.05, 4.69) is 45.6 Å². The van der Waals surface area contributed by atoms with E-state index in [0.717, 1.165) is 28.1 Å². The zero-order valence-corrected chi connectivity index (χ0v) is 19.2. The summed E-state index contributed by atoms with van der Waals surface area (Å²) in [6, 6.07) is 23.4. The van der Waals surface area contributed by atoms with Gasteiger partial charge in [0, 0.05) is 43.4 Å². The Morgan fingerprint density at radius 2 is 1.79 bits per heavy atom. The van der Waals surface area contributed by atoms with Gasteiger partial charge in [0.2, 0.25) is 0 Å². The molecule has 168 valence electrons. The van der Waals surface area contributed by atoms with Crippen molar-refractivity contribution in [2.45, 2.75) is 13.5 Å². The highest BCUT2D eigenvalue weighted by atomic mass is 16.5. The maximum absolute atomic E-state index is 13.1. The second-order valence-electron chi connectivity index (χ2n) is 8.09. The largest absolute Gasteiger partial charge is 0.492 e. The van der Waals surface area contributed by atoms with Gasteiger partial charge in [0.15, 0.2) is 0 Å². The van der Waals surface area contributed by atoms with Crippen molar-refractivity contribution in [3.63, 3.8) is 0 Å². The van der Waals surface area contributed by atoms with Crippen molar-refractivity contribution >= 4 is 17.3 Å². The summed E-state index contributed by atoms with van der Waals surface area (Å²) in [5.74, 6) is 0.603. The molecule has 6 nitrogen and oxygen atoms in total. The van der Waals surface area contributed by atoms with E-state index in [0.29, 0.717) is 24.4 Å². The molecule has 1 amide bonds. The van der Waals surface area contributed by atoms with Crippen LogP contribution >= 0.6 is 0 Å². The molecule has 0 saturated carbocycles. The third-order valence-electron chi connectivity index (χ3n) is 5.37. The Morgan fingerprint density at radius 1 is 1.03 bits per heavy atom. The van der Waals surface area contributed by atoms with Crippen LogP contribution in [0.5, 0.6) is 5.75 Å². The third-order valence-corrected chi connectivity index (χ3v) is 5.37. The number of rotatable bonds is 8. The highest BCUT2D eigenvalue weighted by Gasteiger charge is 2.14. The van der Waals surface area contributed by atoms with Crippen LogP contribution in [0.2, 0.25) is 0 Å². The lowest BCUT2D eigenvalue weighted by Gasteiger charge is -2.15. The Balaban J connectivity index is 1.45. The lowest BCUT2D eigenvalue weighted by molar-refractivity contribution is 0.102. The molecule has 0 radical (unpaired) electrons. The highest BCUT2D eigenvalue weighted by molar-refractivity contribution is 6.08. The van der Waals surface area contributed by atoms with E-state index < -0.39 is 0 Å². The normalized spacial score (nSPS) is 10.6. The summed E-state index contributed by atoms with van der Waals surface area (Å²) < 4.78 is 7.58. The molecule has 0 fully saturated rings. The Bertz CT molecular complexity index is 1200. The molecule has 4 aromatic rings. The van der Waals surface area contributed by atoms with E-state index in [-0.39, 0.29) is 5.91 Å². The monoisotopic (exact) mass is 440 g/mol. The Hall–Kier alpha value is -4.06. The van der Waals surface area contributed by atoms with Crippen LogP contribution in [0.4, 0.5) is 11.4 Å². The molecule has 1 N–H and O–H groups in total. The first-order chi connectivity index (χ1) is 16.0. The van der Waals surface area contributed by atoms with Gasteiger partial charge in [-0.05, 0) is 66.6 Å². The Labute approximate surface area is 194 Å². The number of aromatic nitrogens is 2. The zero-order chi connectivity index (χ0) is 23.2. The predicted molar refractivity (Wildman–Crippen MR) is 133 cm³/mol. The number of hydrogen-bond donors (Lipinski definition) is 1. The van der Waals surface area contributed by atoms with E-state index in [9.17, 15) is 4.79 Å². The lowest BCUT2D eigenvalue weighted by Crippen LogP contribution is -2.13. The average molecular weight is 441 g/mol. The molecule has 1 heterocycles. The van der Waals surface area contributed by atoms with Crippen molar-refractivity contribution in [2.24, 2.45) is 0 Å². The number of benzene rings is 3. The molecule has 0 aliphatic rings. The van der Waals surface area contributed by atoms with Gasteiger partial charge in [-0.15, -0.1) is 0 Å². The van der Waals surface area contributed by atoms with Crippen molar-refractivity contribution in [1.82, 2.24) is 9.78 Å². The minimum absolute atomic E-state index is 0.144. The van der Waals surface area contributed by atoms with Gasteiger partial charge in [-0.3, -0.25) is 9.48 Å². The average Bonchev–Trinajstić information content (AvgIpc) is 3.34. The summed E-state index contributed by atoms with van der Waals surface area (Å²) in [6.07, 6.45) is 3.65. The van der Waals surface area contributed by atoms with Gasteiger partial charge in [-0.2, -0.15) is 5.10 Å². The number of aryl methyl sites for hydroxylation is 1. The first-order valence-corrected chi connectivity index (χ1v) is 10.9. The number of amides is 1. The fourth-order valence-electron chi connectivity index (χ4n) is 3.56. The standard InChI is InChI=1S/C27H28N4O2/c1-20-5-14-25(26(19-20)21-6-10-23(11-7-21)30(2)3)27(32)29-22-8-12-24(13-9-22)33-18-17-31-16-4-15-28-31/h4-16,19H,17-18H2,1-3H3,(H,29,32). The van der Waals surface area contributed by atoms with Crippen LogP contribution in [0, 0.1) is 6.92 Å². The SMILES string of the molecule is Cc1ccc(C(=O)Nc2ccc(OCCn3cccn3)cc2)c(-c2ccc(N(C)C)cc2)c1. The van der Waals surface area contributed by atoms with Crippen LogP contribution in [-0.4, -0.2) is 36.4 Å². The van der Waals surface area contributed by atoms with E-state index in [1.54, 1.807) is 6.20 Å². The molecule has 0 aliphatic carbocycles. The highest BCUT2D eigenvalue weighted by Crippen LogP contribution is 2.28. The minimum Gasteiger partial charge on any atom is -0.492 e. The number of hydrogen-bond acceptors (Lipinski definition) is 4. The van der Waals surface area contributed by atoms with Crippen LogP contribution in [0.3, 0.4) is 0 Å². The van der Waals surface area contributed by atoms with Crippen molar-refractivity contribution in [3.05, 3.63) is 96.3 Å². The smallest absolute Gasteiger partial charge is 0.256 e. The van der Waals surface area contributed by atoms with Gasteiger partial charge in [-0.25, -0.2) is 0 Å². The molecule has 0 spiro atoms. The van der Waals surface area contributed by atoms with Gasteiger partial charge >= 0.3 is 0 Å². The Morgan fingerprint density at radius 3 is 2.45 bits per heavy atom. The molecule has 0 saturated heterocycles. The maximum Gasteiger partial charge on any atom is 0.256 e. The van der Waals surface area contributed by atoms with E-state index in [1.165, 1.54) is 0 Å². The second-order valence-corrected chi connectivity index (χ2v) is 8.09. The number of nitrogens with one attached hydrogen (secondary N) is 1. The van der Waals surface area contributed by atoms with Crippen molar-refractivity contribution in [2.75, 3.05) is 30.9 Å². The fourth-order valence-corrected chi connectivity index (χ4v) is 3.56. The number of nitrogens with zero attached hydrogens (tertiary/aromatic N) is 3. The number of carbonyl (C=O) groups is 1. The first kappa shape index (κ1) is 22.1. The van der Waals surface area contributed by atoms with Crippen LogP contribution < -0.4 is 15.0 Å². The molecule has 6 heteroatoms. The van der Waals surface area contributed by atoms with E-state index >= 15 is 0 Å². The summed E-state index contributed by atoms with van der Waals surface area (Å²) in [7, 11) is 4.02. The van der Waals surface area contributed by atoms with Gasteiger partial charge < -0.3 is 15.0 Å². The number of carbonyl (C=O) groups excluding carboxylic acids is 1. The first-order valence-electron chi connectivity index (χ1n) is 10.9. The summed E-state index contributed by atoms with van der Waals surface area (Å²) in [4.78, 5) is 15.2. The van der Waals surface area contributed by atoms with E-state index in [4.69, 9.17) is 4.74 Å². The van der Waals surface area contributed by atoms with Crippen LogP contribution in [0.1, 0.15) is 15.9 Å². The molecular weight excluding hydrogens is 412 g/mol. The maximum atomic E-state index is 13.1. The molecule has 0 bridgehead atoms. The van der Waals surface area contributed by atoms with Crippen molar-refractivity contribution in [3.8, 4) is 16.9 Å². The molecule has 4 rings (SSSR count). The lowest BCUT2D eigenvalue weighted by atomic mass is 9.96. The summed E-state index contributed by atoms with van der Waals surface area (Å²) in [6.45, 7) is 3.23. The summed E-state index contributed by atoms with van der Waals surface area (Å²) in [5.41, 5.74) is 5.50. The van der Waals surface area contributed by atoms with Gasteiger partial charge in [0.05, 0.1) is 6.54 Å². The second kappa shape index (κ2) is 10.0. The van der Waals surface area contributed by atoms with Gasteiger partial charge in [0.1, 0.15) is 12.4 Å². The summed E-state index contributed by atoms with van der Waals surface area (Å²) in [5, 5.41) is 7.16. The molecule has 0 unspecified atom stereocenters. The molecule has 33 heavy (non-hydrogen) atoms.